The molecule has 0 radical (unpaired) electrons. The van der Waals surface area contributed by atoms with Gasteiger partial charge in [0.05, 0.1) is 36.0 Å². The molecule has 316 valence electrons. The zero-order valence-corrected chi connectivity index (χ0v) is 36.1. The number of rotatable bonds is 6. The molecule has 0 aliphatic carbocycles. The maximum atomic E-state index is 12.0. The maximum Gasteiger partial charge on any atom is 0.435 e. The minimum absolute atomic E-state index is 0. The molecule has 2 saturated heterocycles. The van der Waals surface area contributed by atoms with Crippen LogP contribution in [0.5, 0.6) is 0 Å². The average Bonchev–Trinajstić information content (AvgIpc) is 3.98. The highest BCUT2D eigenvalue weighted by Gasteiger charge is 2.36. The van der Waals surface area contributed by atoms with E-state index in [0.29, 0.717) is 5.82 Å². The number of allylic oxidation sites excluding steroid dienone is 1. The fourth-order valence-electron chi connectivity index (χ4n) is 5.42. The van der Waals surface area contributed by atoms with E-state index in [2.05, 4.69) is 88.6 Å². The Morgan fingerprint density at radius 3 is 2.13 bits per heavy atom. The Morgan fingerprint density at radius 1 is 0.933 bits per heavy atom. The number of hydrogen-bond donors (Lipinski definition) is 4. The van der Waals surface area contributed by atoms with Crippen LogP contribution < -0.4 is 21.3 Å². The number of fused-ring (bicyclic) bond motifs is 1. The van der Waals surface area contributed by atoms with Gasteiger partial charge in [0.1, 0.15) is 17.2 Å². The first kappa shape index (κ1) is 45.7. The van der Waals surface area contributed by atoms with Gasteiger partial charge in [0, 0.05) is 35.5 Å². The molecule has 6 aromatic rings. The van der Waals surface area contributed by atoms with E-state index in [1.807, 2.05) is 69.6 Å². The van der Waals surface area contributed by atoms with Crippen molar-refractivity contribution in [3.8, 4) is 11.1 Å². The molecule has 2 fully saturated rings. The van der Waals surface area contributed by atoms with Crippen molar-refractivity contribution in [3.63, 3.8) is 0 Å². The molecule has 4 N–H and O–H groups in total. The molecule has 3 aliphatic rings. The summed E-state index contributed by atoms with van der Waals surface area (Å²) in [6, 6.07) is 19.7. The minimum atomic E-state index is -2.39. The number of aliphatic imine (C=N–C) groups is 1. The van der Waals surface area contributed by atoms with E-state index < -0.39 is 17.6 Å². The quantitative estimate of drug-likeness (QED) is 0.118. The molecule has 0 unspecified atom stereocenters. The lowest BCUT2D eigenvalue weighted by Crippen LogP contribution is -2.52. The molecule has 13 nitrogen and oxygen atoms in total. The number of carbonyl (C=O) groups is 1. The van der Waals surface area contributed by atoms with E-state index in [1.54, 1.807) is 36.0 Å². The Kier molecular flexibility index (Phi) is 15.8. The van der Waals surface area contributed by atoms with Crippen molar-refractivity contribution in [2.45, 2.75) is 46.1 Å². The Bertz CT molecular complexity index is 2390. The summed E-state index contributed by atoms with van der Waals surface area (Å²) >= 11 is 7.43. The van der Waals surface area contributed by atoms with Gasteiger partial charge in [-0.2, -0.15) is 9.78 Å². The number of benzene rings is 2. The van der Waals surface area contributed by atoms with Gasteiger partial charge >= 0.3 is 6.09 Å². The van der Waals surface area contributed by atoms with E-state index >= 15 is 0 Å². The topological polar surface area (TPSA) is 156 Å². The van der Waals surface area contributed by atoms with Gasteiger partial charge in [0.25, 0.3) is 5.92 Å². The van der Waals surface area contributed by atoms with E-state index in [-0.39, 0.29) is 30.8 Å². The second-order valence-electron chi connectivity index (χ2n) is 14.9. The monoisotopic (exact) mass is 877 g/mol. The molecule has 0 atom stereocenters. The molecule has 0 amide bonds. The van der Waals surface area contributed by atoms with Crippen LogP contribution in [0.2, 0.25) is 5.28 Å². The van der Waals surface area contributed by atoms with Crippen LogP contribution >= 0.6 is 35.3 Å². The molecule has 18 heteroatoms. The molecule has 0 saturated carbocycles. The number of ether oxygens (including phenoxy) is 1. The van der Waals surface area contributed by atoms with Crippen LogP contribution in [0, 0.1) is 12.8 Å². The van der Waals surface area contributed by atoms with Gasteiger partial charge in [-0.15, -0.1) is 23.7 Å². The van der Waals surface area contributed by atoms with Crippen molar-refractivity contribution in [1.29, 1.82) is 0 Å². The number of anilines is 4. The maximum absolute atomic E-state index is 12.0. The van der Waals surface area contributed by atoms with Crippen LogP contribution in [0.3, 0.4) is 0 Å². The number of carbonyl (C=O) groups excluding carboxylic acids is 1. The molecule has 7 heterocycles. The van der Waals surface area contributed by atoms with E-state index in [1.165, 1.54) is 28.9 Å². The van der Waals surface area contributed by atoms with Crippen molar-refractivity contribution in [1.82, 2.24) is 40.3 Å². The largest absolute Gasteiger partial charge is 0.442 e. The van der Waals surface area contributed by atoms with Crippen molar-refractivity contribution in [3.05, 3.63) is 107 Å². The van der Waals surface area contributed by atoms with Crippen LogP contribution in [-0.4, -0.2) is 86.3 Å². The summed E-state index contributed by atoms with van der Waals surface area (Å²) < 4.78 is 30.5. The Morgan fingerprint density at radius 2 is 1.58 bits per heavy atom. The van der Waals surface area contributed by atoms with Crippen LogP contribution in [0.15, 0.2) is 95.7 Å². The van der Waals surface area contributed by atoms with Gasteiger partial charge in [0.15, 0.2) is 5.82 Å². The molecule has 2 aromatic carbocycles. The number of aryl methyl sites for hydroxylation is 1. The Hall–Kier alpha value is -5.39. The minimum Gasteiger partial charge on any atom is -0.442 e. The van der Waals surface area contributed by atoms with Crippen LogP contribution in [0.25, 0.3) is 26.9 Å². The van der Waals surface area contributed by atoms with Crippen molar-refractivity contribution in [2.24, 2.45) is 10.9 Å². The SMILES string of the molecule is CC(C)(C)OC(=O)n1cc(-c2ccc(Nc3ccnc(Cl)n3)cc2)cn1.CC1CNC1.Cc1nc(Nc2ccc(C3=CCN=C3)cc2)c2sccc2n1.Cl.FC1(F)CNC1. The lowest BCUT2D eigenvalue weighted by molar-refractivity contribution is -0.0475. The number of aromatic nitrogens is 6. The van der Waals surface area contributed by atoms with Gasteiger partial charge in [0.2, 0.25) is 5.28 Å². The summed E-state index contributed by atoms with van der Waals surface area (Å²) in [5.41, 5.74) is 6.40. The lowest BCUT2D eigenvalue weighted by Gasteiger charge is -2.25. The second kappa shape index (κ2) is 20.7. The highest BCUT2D eigenvalue weighted by atomic mass is 35.5. The van der Waals surface area contributed by atoms with Gasteiger partial charge < -0.3 is 26.0 Å². The molecule has 4 aromatic heterocycles. The van der Waals surface area contributed by atoms with Crippen molar-refractivity contribution >= 4 is 86.5 Å². The Labute approximate surface area is 362 Å². The predicted molar refractivity (Wildman–Crippen MR) is 240 cm³/mol. The third kappa shape index (κ3) is 13.6. The van der Waals surface area contributed by atoms with E-state index in [4.69, 9.17) is 16.3 Å². The molecular weight excluding hydrogens is 832 g/mol. The van der Waals surface area contributed by atoms with Crippen LogP contribution in [0.4, 0.5) is 36.6 Å². The van der Waals surface area contributed by atoms with E-state index in [0.717, 1.165) is 56.8 Å². The molecule has 0 spiro atoms. The lowest BCUT2D eigenvalue weighted by atomic mass is 10.1. The van der Waals surface area contributed by atoms with Gasteiger partial charge in [-0.25, -0.2) is 33.5 Å². The molecular formula is C42H47Cl2F2N11O2S. The highest BCUT2D eigenvalue weighted by Crippen LogP contribution is 2.29. The molecule has 9 rings (SSSR count). The zero-order chi connectivity index (χ0) is 42.0. The van der Waals surface area contributed by atoms with Gasteiger partial charge in [-0.3, -0.25) is 4.99 Å². The van der Waals surface area contributed by atoms with Crippen LogP contribution in [0.1, 0.15) is 39.1 Å². The van der Waals surface area contributed by atoms with Crippen LogP contribution in [-0.2, 0) is 4.74 Å². The first-order valence-electron chi connectivity index (χ1n) is 18.9. The second-order valence-corrected chi connectivity index (χ2v) is 16.2. The summed E-state index contributed by atoms with van der Waals surface area (Å²) in [6.07, 6.45) is 8.38. The van der Waals surface area contributed by atoms with Gasteiger partial charge in [-0.05, 0) is 117 Å². The molecule has 60 heavy (non-hydrogen) atoms. The summed E-state index contributed by atoms with van der Waals surface area (Å²) in [4.78, 5) is 33.1. The number of hydrogen-bond acceptors (Lipinski definition) is 13. The van der Waals surface area contributed by atoms with E-state index in [9.17, 15) is 13.6 Å². The number of alkyl halides is 2. The fourth-order valence-corrected chi connectivity index (χ4v) is 6.34. The molecule has 3 aliphatic heterocycles. The fraction of sp³-hybridized carbons (Fsp3) is 0.310. The Balaban J connectivity index is 0.000000180. The van der Waals surface area contributed by atoms with Gasteiger partial charge in [-0.1, -0.05) is 37.3 Å². The predicted octanol–water partition coefficient (Wildman–Crippen LogP) is 9.60. The summed E-state index contributed by atoms with van der Waals surface area (Å²) in [5, 5.41) is 18.4. The number of nitrogens with one attached hydrogen (secondary N) is 4. The standard InChI is InChI=1S/C18H18ClN5O2.C17H14N4S.C4H9N.C3H5F2N.ClH/c1-18(2,3)26-17(25)24-11-13(10-21-24)12-4-6-14(7-5-12)22-15-8-9-20-16(19)23-15;1-11-19-15-7-9-22-16(15)17(20-11)21-14-4-2-12(3-5-14)13-6-8-18-10-13;1-4-2-5-3-4;4-3(5)1-6-2-3;/h4-11H,1-3H3,(H,20,22,23);2-7,9-10H,8H2,1H3,(H,19,20,21);4-5H,2-3H2,1H3;6H,1-2H2;1H. The van der Waals surface area contributed by atoms with Crippen molar-refractivity contribution < 1.29 is 18.3 Å². The number of nitrogens with zero attached hydrogens (tertiary/aromatic N) is 7. The first-order valence-corrected chi connectivity index (χ1v) is 20.2. The first-order chi connectivity index (χ1) is 28.2. The number of thiophene rings is 1. The zero-order valence-electron chi connectivity index (χ0n) is 33.7. The average molecular weight is 879 g/mol. The normalized spacial score (nSPS) is 14.9. The summed E-state index contributed by atoms with van der Waals surface area (Å²) in [7, 11) is 0. The smallest absolute Gasteiger partial charge is 0.435 e. The number of halogens is 4. The third-order valence-corrected chi connectivity index (χ3v) is 9.67. The summed E-state index contributed by atoms with van der Waals surface area (Å²) in [6.45, 7) is 12.6. The third-order valence-electron chi connectivity index (χ3n) is 8.58. The molecule has 0 bridgehead atoms. The summed E-state index contributed by atoms with van der Waals surface area (Å²) in [5.74, 6) is 0.815. The highest BCUT2D eigenvalue weighted by molar-refractivity contribution is 7.17. The van der Waals surface area contributed by atoms with Crippen molar-refractivity contribution in [2.75, 3.05) is 43.4 Å².